The number of aromatic nitrogens is 1. The number of amides is 1. The molecule has 2 aromatic carbocycles. The molecule has 2 aliphatic heterocycles. The van der Waals surface area contributed by atoms with Crippen LogP contribution in [0.5, 0.6) is 5.88 Å². The topological polar surface area (TPSA) is 89.0 Å². The SMILES string of the molecule is CCOc1ccc(-c2ccc(F)c(F)c2F)c(CN2CCC3(CC2)CN(c2ccccc2)C(=O)O3)n1.O=C=O. The third-order valence-electron chi connectivity index (χ3n) is 6.75. The molecule has 8 nitrogen and oxygen atoms in total. The molecule has 204 valence electrons. The summed E-state index contributed by atoms with van der Waals surface area (Å²) in [6.45, 7) is 4.30. The van der Waals surface area contributed by atoms with Crippen LogP contribution in [0.25, 0.3) is 11.1 Å². The van der Waals surface area contributed by atoms with Crippen molar-refractivity contribution in [2.24, 2.45) is 0 Å². The molecule has 3 aromatic rings. The summed E-state index contributed by atoms with van der Waals surface area (Å²) in [6, 6.07) is 14.8. The van der Waals surface area contributed by atoms with Gasteiger partial charge < -0.3 is 9.47 Å². The van der Waals surface area contributed by atoms with Gasteiger partial charge in [-0.1, -0.05) is 18.2 Å². The van der Waals surface area contributed by atoms with Crippen LogP contribution in [0, 0.1) is 17.5 Å². The number of carbonyl (C=O) groups excluding carboxylic acids is 3. The Kier molecular flexibility index (Phi) is 8.63. The summed E-state index contributed by atoms with van der Waals surface area (Å²) >= 11 is 0. The Morgan fingerprint density at radius 2 is 1.64 bits per heavy atom. The lowest BCUT2D eigenvalue weighted by atomic mass is 9.91. The van der Waals surface area contributed by atoms with E-state index in [0.29, 0.717) is 62.8 Å². The van der Waals surface area contributed by atoms with Crippen LogP contribution in [-0.4, -0.2) is 54.0 Å². The van der Waals surface area contributed by atoms with E-state index in [2.05, 4.69) is 9.88 Å². The lowest BCUT2D eigenvalue weighted by molar-refractivity contribution is -0.191. The van der Waals surface area contributed by atoms with E-state index in [9.17, 15) is 18.0 Å². The maximum absolute atomic E-state index is 14.6. The molecule has 5 rings (SSSR count). The summed E-state index contributed by atoms with van der Waals surface area (Å²) in [5.74, 6) is -3.64. The number of halogens is 3. The van der Waals surface area contributed by atoms with E-state index in [1.165, 1.54) is 6.07 Å². The summed E-state index contributed by atoms with van der Waals surface area (Å²) in [6.07, 6.45) is 1.15. The number of pyridine rings is 1. The molecule has 39 heavy (non-hydrogen) atoms. The molecule has 1 amide bonds. The van der Waals surface area contributed by atoms with Gasteiger partial charge in [-0.15, -0.1) is 0 Å². The van der Waals surface area contributed by atoms with Crippen molar-refractivity contribution in [2.45, 2.75) is 31.9 Å². The molecular formula is C28H26F3N3O5. The van der Waals surface area contributed by atoms with E-state index in [1.807, 2.05) is 37.3 Å². The van der Waals surface area contributed by atoms with Crippen molar-refractivity contribution in [1.82, 2.24) is 9.88 Å². The van der Waals surface area contributed by atoms with Gasteiger partial charge in [-0.05, 0) is 37.3 Å². The zero-order chi connectivity index (χ0) is 28.0. The Balaban J connectivity index is 0.00000112. The van der Waals surface area contributed by atoms with Crippen LogP contribution in [-0.2, 0) is 20.9 Å². The summed E-state index contributed by atoms with van der Waals surface area (Å²) in [4.78, 5) is 37.2. The summed E-state index contributed by atoms with van der Waals surface area (Å²) < 4.78 is 53.5. The molecule has 2 fully saturated rings. The van der Waals surface area contributed by atoms with Gasteiger partial charge in [0.2, 0.25) is 5.88 Å². The third-order valence-corrected chi connectivity index (χ3v) is 6.75. The summed E-state index contributed by atoms with van der Waals surface area (Å²) in [5.41, 5.74) is 1.04. The number of para-hydroxylation sites is 1. The smallest absolute Gasteiger partial charge is 0.415 e. The van der Waals surface area contributed by atoms with Crippen molar-refractivity contribution in [3.05, 3.63) is 77.7 Å². The first-order chi connectivity index (χ1) is 18.8. The molecule has 2 saturated heterocycles. The number of rotatable bonds is 6. The second-order valence-corrected chi connectivity index (χ2v) is 9.13. The molecule has 0 N–H and O–H groups in total. The number of ether oxygens (including phenoxy) is 2. The molecule has 2 aliphatic rings. The predicted octanol–water partition coefficient (Wildman–Crippen LogP) is 4.97. The van der Waals surface area contributed by atoms with Gasteiger partial charge in [0, 0.05) is 55.4 Å². The molecule has 0 unspecified atom stereocenters. The Bertz CT molecular complexity index is 1360. The molecule has 1 aromatic heterocycles. The highest BCUT2D eigenvalue weighted by Crippen LogP contribution is 2.37. The summed E-state index contributed by atoms with van der Waals surface area (Å²) in [5, 5.41) is 0. The highest BCUT2D eigenvalue weighted by Gasteiger charge is 2.47. The normalized spacial score (nSPS) is 16.3. The molecule has 3 heterocycles. The zero-order valence-electron chi connectivity index (χ0n) is 21.2. The largest absolute Gasteiger partial charge is 0.478 e. The number of anilines is 1. The number of hydrogen-bond acceptors (Lipinski definition) is 7. The van der Waals surface area contributed by atoms with Crippen LogP contribution in [0.3, 0.4) is 0 Å². The first-order valence-corrected chi connectivity index (χ1v) is 12.3. The van der Waals surface area contributed by atoms with Crippen molar-refractivity contribution >= 4 is 17.9 Å². The standard InChI is InChI=1S/C27H26F3N3O3.CO2/c1-2-35-23-11-9-19(20-8-10-21(28)25(30)24(20)29)22(31-23)16-32-14-12-27(13-15-32)17-33(26(34)36-27)18-6-4-3-5-7-18;2-1-3/h3-11H,2,12-17H2,1H3;. The molecular weight excluding hydrogens is 515 g/mol. The Morgan fingerprint density at radius 3 is 2.31 bits per heavy atom. The molecule has 1 spiro atoms. The van der Waals surface area contributed by atoms with Crippen molar-refractivity contribution < 1.29 is 37.0 Å². The zero-order valence-corrected chi connectivity index (χ0v) is 21.2. The average molecular weight is 542 g/mol. The first-order valence-electron chi connectivity index (χ1n) is 12.3. The van der Waals surface area contributed by atoms with Crippen LogP contribution < -0.4 is 9.64 Å². The number of hydrogen-bond donors (Lipinski definition) is 0. The molecule has 0 atom stereocenters. The quantitative estimate of drug-likeness (QED) is 0.407. The number of nitrogens with zero attached hydrogens (tertiary/aromatic N) is 3. The van der Waals surface area contributed by atoms with Gasteiger partial charge in [0.1, 0.15) is 5.60 Å². The number of piperidine rings is 1. The maximum Gasteiger partial charge on any atom is 0.415 e. The Hall–Kier alpha value is -4.21. The fourth-order valence-electron chi connectivity index (χ4n) is 4.83. The first kappa shape index (κ1) is 27.8. The lowest BCUT2D eigenvalue weighted by Crippen LogP contribution is -2.46. The van der Waals surface area contributed by atoms with Crippen LogP contribution >= 0.6 is 0 Å². The van der Waals surface area contributed by atoms with E-state index < -0.39 is 23.1 Å². The third kappa shape index (κ3) is 6.10. The van der Waals surface area contributed by atoms with Gasteiger partial charge in [-0.25, -0.2) is 22.9 Å². The Morgan fingerprint density at radius 1 is 0.974 bits per heavy atom. The fourth-order valence-corrected chi connectivity index (χ4v) is 4.83. The molecule has 0 aliphatic carbocycles. The van der Waals surface area contributed by atoms with Gasteiger partial charge in [-0.3, -0.25) is 9.80 Å². The van der Waals surface area contributed by atoms with Gasteiger partial charge in [0.15, 0.2) is 17.5 Å². The predicted molar refractivity (Wildman–Crippen MR) is 133 cm³/mol. The van der Waals surface area contributed by atoms with E-state index in [4.69, 9.17) is 19.1 Å². The average Bonchev–Trinajstić information content (AvgIpc) is 3.26. The molecule has 0 radical (unpaired) electrons. The Labute approximate surface area is 223 Å². The van der Waals surface area contributed by atoms with E-state index in [-0.39, 0.29) is 17.8 Å². The van der Waals surface area contributed by atoms with Crippen molar-refractivity contribution in [3.63, 3.8) is 0 Å². The van der Waals surface area contributed by atoms with E-state index >= 15 is 0 Å². The van der Waals surface area contributed by atoms with Crippen LogP contribution in [0.2, 0.25) is 0 Å². The summed E-state index contributed by atoms with van der Waals surface area (Å²) in [7, 11) is 0. The highest BCUT2D eigenvalue weighted by atomic mass is 19.2. The number of likely N-dealkylation sites (tertiary alicyclic amines) is 1. The van der Waals surface area contributed by atoms with Gasteiger partial charge in [0.25, 0.3) is 0 Å². The maximum atomic E-state index is 14.6. The van der Waals surface area contributed by atoms with Crippen molar-refractivity contribution in [2.75, 3.05) is 31.1 Å². The van der Waals surface area contributed by atoms with E-state index in [0.717, 1.165) is 11.8 Å². The van der Waals surface area contributed by atoms with Gasteiger partial charge in [0.05, 0.1) is 18.8 Å². The van der Waals surface area contributed by atoms with Crippen LogP contribution in [0.1, 0.15) is 25.5 Å². The molecule has 0 saturated carbocycles. The van der Waals surface area contributed by atoms with Gasteiger partial charge >= 0.3 is 12.2 Å². The fraction of sp³-hybridized carbons (Fsp3) is 0.321. The van der Waals surface area contributed by atoms with Crippen molar-refractivity contribution in [3.8, 4) is 17.0 Å². The van der Waals surface area contributed by atoms with Crippen LogP contribution in [0.15, 0.2) is 54.6 Å². The van der Waals surface area contributed by atoms with Gasteiger partial charge in [-0.2, -0.15) is 9.59 Å². The van der Waals surface area contributed by atoms with Crippen molar-refractivity contribution in [1.29, 1.82) is 0 Å². The molecule has 0 bridgehead atoms. The number of carbonyl (C=O) groups is 1. The minimum Gasteiger partial charge on any atom is -0.478 e. The molecule has 11 heteroatoms. The van der Waals surface area contributed by atoms with E-state index in [1.54, 1.807) is 17.0 Å². The monoisotopic (exact) mass is 541 g/mol. The minimum atomic E-state index is -1.52. The second kappa shape index (κ2) is 12.1. The second-order valence-electron chi connectivity index (χ2n) is 9.13. The minimum absolute atomic E-state index is 0.0591. The van der Waals surface area contributed by atoms with Crippen LogP contribution in [0.4, 0.5) is 23.7 Å². The number of benzene rings is 2. The highest BCUT2D eigenvalue weighted by molar-refractivity contribution is 5.90. The lowest BCUT2D eigenvalue weighted by Gasteiger charge is -2.37.